The molecule has 0 atom stereocenters. The van der Waals surface area contributed by atoms with Gasteiger partial charge in [-0.15, -0.1) is 0 Å². The van der Waals surface area contributed by atoms with E-state index in [0.717, 1.165) is 30.2 Å². The molecule has 1 saturated carbocycles. The predicted octanol–water partition coefficient (Wildman–Crippen LogP) is 4.91. The van der Waals surface area contributed by atoms with Crippen molar-refractivity contribution in [1.82, 2.24) is 10.3 Å². The zero-order valence-corrected chi connectivity index (χ0v) is 15.5. The SMILES string of the molecule is Cc1cccc(C)c1N=C1N2C=CC=C(Cl)C2=NNC12CCCCC2. The molecule has 2 heterocycles. The van der Waals surface area contributed by atoms with Gasteiger partial charge in [-0.3, -0.25) is 10.3 Å². The Morgan fingerprint density at radius 3 is 2.60 bits per heavy atom. The van der Waals surface area contributed by atoms with E-state index in [4.69, 9.17) is 16.6 Å². The largest absolute Gasteiger partial charge is 0.294 e. The van der Waals surface area contributed by atoms with Gasteiger partial charge >= 0.3 is 0 Å². The van der Waals surface area contributed by atoms with E-state index in [2.05, 4.69) is 47.5 Å². The summed E-state index contributed by atoms with van der Waals surface area (Å²) in [5, 5.41) is 5.24. The van der Waals surface area contributed by atoms with Crippen LogP contribution in [0.15, 0.2) is 51.7 Å². The fourth-order valence-electron chi connectivity index (χ4n) is 3.93. The molecule has 0 aromatic heterocycles. The summed E-state index contributed by atoms with van der Waals surface area (Å²) >= 11 is 6.39. The van der Waals surface area contributed by atoms with Gasteiger partial charge in [0.1, 0.15) is 11.4 Å². The molecule has 1 aromatic carbocycles. The Kier molecular flexibility index (Phi) is 4.16. The normalized spacial score (nSPS) is 23.2. The Bertz CT molecular complexity index is 793. The first kappa shape index (κ1) is 16.4. The number of fused-ring (bicyclic) bond motifs is 1. The highest BCUT2D eigenvalue weighted by molar-refractivity contribution is 6.45. The van der Waals surface area contributed by atoms with Crippen molar-refractivity contribution in [2.45, 2.75) is 51.5 Å². The molecule has 1 N–H and O–H groups in total. The molecule has 4 rings (SSSR count). The van der Waals surface area contributed by atoms with Crippen LogP contribution < -0.4 is 5.43 Å². The molecule has 0 amide bonds. The van der Waals surface area contributed by atoms with Crippen LogP contribution >= 0.6 is 11.6 Å². The minimum Gasteiger partial charge on any atom is -0.294 e. The van der Waals surface area contributed by atoms with Crippen LogP contribution in [0, 0.1) is 13.8 Å². The summed E-state index contributed by atoms with van der Waals surface area (Å²) in [6, 6.07) is 6.31. The van der Waals surface area contributed by atoms with Crippen LogP contribution in [0.1, 0.15) is 43.2 Å². The Balaban J connectivity index is 1.88. The number of hydrazone groups is 1. The number of allylic oxidation sites excluding steroid dienone is 2. The average molecular weight is 355 g/mol. The summed E-state index contributed by atoms with van der Waals surface area (Å²) in [4.78, 5) is 7.24. The molecule has 1 spiro atoms. The monoisotopic (exact) mass is 354 g/mol. The van der Waals surface area contributed by atoms with Crippen molar-refractivity contribution in [3.05, 3.63) is 52.7 Å². The van der Waals surface area contributed by atoms with E-state index < -0.39 is 0 Å². The number of nitrogens with one attached hydrogen (secondary N) is 1. The molecule has 2 aliphatic heterocycles. The molecule has 0 radical (unpaired) electrons. The Labute approximate surface area is 154 Å². The van der Waals surface area contributed by atoms with Crippen molar-refractivity contribution in [1.29, 1.82) is 0 Å². The van der Waals surface area contributed by atoms with Crippen LogP contribution in [0.5, 0.6) is 0 Å². The molecule has 1 fully saturated rings. The maximum Gasteiger partial charge on any atom is 0.176 e. The van der Waals surface area contributed by atoms with Gasteiger partial charge in [0, 0.05) is 6.20 Å². The summed E-state index contributed by atoms with van der Waals surface area (Å²) in [5.74, 6) is 1.74. The Morgan fingerprint density at radius 1 is 1.16 bits per heavy atom. The van der Waals surface area contributed by atoms with Gasteiger partial charge in [-0.25, -0.2) is 4.99 Å². The van der Waals surface area contributed by atoms with Gasteiger partial charge in [0.15, 0.2) is 5.84 Å². The van der Waals surface area contributed by atoms with Crippen LogP contribution in [0.2, 0.25) is 0 Å². The average Bonchev–Trinajstić information content (AvgIpc) is 2.61. The molecule has 0 unspecified atom stereocenters. The molecule has 4 nitrogen and oxygen atoms in total. The second-order valence-electron chi connectivity index (χ2n) is 7.09. The lowest BCUT2D eigenvalue weighted by molar-refractivity contribution is 0.294. The van der Waals surface area contributed by atoms with Gasteiger partial charge in [-0.2, -0.15) is 5.10 Å². The molecule has 130 valence electrons. The molecule has 1 aromatic rings. The minimum atomic E-state index is -0.213. The third-order valence-corrected chi connectivity index (χ3v) is 5.61. The fourth-order valence-corrected chi connectivity index (χ4v) is 4.14. The number of hydrogen-bond donors (Lipinski definition) is 1. The van der Waals surface area contributed by atoms with Crippen molar-refractivity contribution >= 4 is 29.0 Å². The van der Waals surface area contributed by atoms with Crippen molar-refractivity contribution in [3.63, 3.8) is 0 Å². The second-order valence-corrected chi connectivity index (χ2v) is 7.50. The fraction of sp³-hybridized carbons (Fsp3) is 0.400. The lowest BCUT2D eigenvalue weighted by Gasteiger charge is -2.45. The van der Waals surface area contributed by atoms with E-state index in [1.165, 1.54) is 30.4 Å². The number of hydrogen-bond acceptors (Lipinski definition) is 3. The first-order valence-corrected chi connectivity index (χ1v) is 9.32. The number of para-hydroxylation sites is 1. The van der Waals surface area contributed by atoms with Crippen LogP contribution in [0.25, 0.3) is 0 Å². The molecular formula is C20H23ClN4. The van der Waals surface area contributed by atoms with Gasteiger partial charge in [0.2, 0.25) is 0 Å². The van der Waals surface area contributed by atoms with Crippen LogP contribution in [-0.4, -0.2) is 22.1 Å². The van der Waals surface area contributed by atoms with Gasteiger partial charge in [0.05, 0.1) is 10.7 Å². The maximum absolute atomic E-state index is 6.39. The highest BCUT2D eigenvalue weighted by atomic mass is 35.5. The van der Waals surface area contributed by atoms with Crippen molar-refractivity contribution < 1.29 is 0 Å². The van der Waals surface area contributed by atoms with E-state index >= 15 is 0 Å². The summed E-state index contributed by atoms with van der Waals surface area (Å²) in [5.41, 5.74) is 6.63. The van der Waals surface area contributed by atoms with E-state index in [1.807, 2.05) is 18.4 Å². The van der Waals surface area contributed by atoms with Crippen LogP contribution in [0.4, 0.5) is 5.69 Å². The highest BCUT2D eigenvalue weighted by Crippen LogP contribution is 2.37. The minimum absolute atomic E-state index is 0.213. The molecule has 5 heteroatoms. The van der Waals surface area contributed by atoms with E-state index in [-0.39, 0.29) is 5.54 Å². The number of halogens is 1. The zero-order chi connectivity index (χ0) is 17.4. The van der Waals surface area contributed by atoms with Gasteiger partial charge < -0.3 is 0 Å². The van der Waals surface area contributed by atoms with E-state index in [0.29, 0.717) is 5.03 Å². The van der Waals surface area contributed by atoms with E-state index in [9.17, 15) is 0 Å². The Morgan fingerprint density at radius 2 is 1.88 bits per heavy atom. The smallest absolute Gasteiger partial charge is 0.176 e. The summed E-state index contributed by atoms with van der Waals surface area (Å²) in [6.45, 7) is 4.23. The number of benzene rings is 1. The summed E-state index contributed by atoms with van der Waals surface area (Å²) < 4.78 is 0. The highest BCUT2D eigenvalue weighted by Gasteiger charge is 2.44. The standard InChI is InChI=1S/C20H23ClN4/c1-14-8-6-9-15(2)17(14)22-19-20(11-4-3-5-12-20)24-23-18-16(21)10-7-13-25(18)19/h6-10,13,24H,3-5,11-12H2,1-2H3. The van der Waals surface area contributed by atoms with Crippen molar-refractivity contribution in [2.24, 2.45) is 10.1 Å². The number of nitrogens with zero attached hydrogens (tertiary/aromatic N) is 3. The number of amidine groups is 2. The number of aryl methyl sites for hydroxylation is 2. The third kappa shape index (κ3) is 2.78. The zero-order valence-electron chi connectivity index (χ0n) is 14.7. The first-order chi connectivity index (χ1) is 12.1. The second kappa shape index (κ2) is 6.34. The molecule has 1 aliphatic carbocycles. The van der Waals surface area contributed by atoms with Gasteiger partial charge in [-0.05, 0) is 50.0 Å². The summed E-state index contributed by atoms with van der Waals surface area (Å²) in [6.07, 6.45) is 11.6. The number of aliphatic imine (C=N–C) groups is 1. The topological polar surface area (TPSA) is 40.0 Å². The first-order valence-electron chi connectivity index (χ1n) is 8.95. The van der Waals surface area contributed by atoms with Crippen molar-refractivity contribution in [2.75, 3.05) is 0 Å². The van der Waals surface area contributed by atoms with Gasteiger partial charge in [0.25, 0.3) is 0 Å². The summed E-state index contributed by atoms with van der Waals surface area (Å²) in [7, 11) is 0. The van der Waals surface area contributed by atoms with Gasteiger partial charge in [-0.1, -0.05) is 49.1 Å². The van der Waals surface area contributed by atoms with Crippen LogP contribution in [-0.2, 0) is 0 Å². The molecule has 0 saturated heterocycles. The lowest BCUT2D eigenvalue weighted by atomic mass is 9.80. The number of rotatable bonds is 1. The van der Waals surface area contributed by atoms with Crippen LogP contribution in [0.3, 0.4) is 0 Å². The maximum atomic E-state index is 6.39. The van der Waals surface area contributed by atoms with E-state index in [1.54, 1.807) is 0 Å². The molecule has 0 bridgehead atoms. The molecule has 25 heavy (non-hydrogen) atoms. The molecular weight excluding hydrogens is 332 g/mol. The third-order valence-electron chi connectivity index (χ3n) is 5.32. The predicted molar refractivity (Wildman–Crippen MR) is 104 cm³/mol. The lowest BCUT2D eigenvalue weighted by Crippen LogP contribution is -2.61. The molecule has 3 aliphatic rings. The van der Waals surface area contributed by atoms with Crippen molar-refractivity contribution in [3.8, 4) is 0 Å². The Hall–Kier alpha value is -2.07. The quantitative estimate of drug-likeness (QED) is 0.778.